The van der Waals surface area contributed by atoms with Crippen LogP contribution in [0.4, 0.5) is 13.2 Å². The van der Waals surface area contributed by atoms with E-state index < -0.39 is 22.3 Å². The molecule has 0 saturated heterocycles. The second-order valence-electron chi connectivity index (χ2n) is 4.34. The van der Waals surface area contributed by atoms with E-state index in [1.165, 1.54) is 44.4 Å². The topological polar surface area (TPSA) is 9.23 Å². The van der Waals surface area contributed by atoms with E-state index in [9.17, 15) is 13.2 Å². The van der Waals surface area contributed by atoms with Gasteiger partial charge in [-0.3, -0.25) is 0 Å². The molecule has 0 aliphatic rings. The van der Waals surface area contributed by atoms with Gasteiger partial charge in [0.05, 0.1) is 11.9 Å². The SMILES string of the molecule is COc1ccc(C(Br)c2c(F)ccc(C)c2F)c(F)c1. The maximum absolute atomic E-state index is 14.1. The average Bonchev–Trinajstić information content (AvgIpc) is 2.43. The van der Waals surface area contributed by atoms with Gasteiger partial charge in [-0.25, -0.2) is 13.2 Å². The van der Waals surface area contributed by atoms with E-state index in [0.717, 1.165) is 0 Å². The standard InChI is InChI=1S/C15H12BrF3O/c1-8-3-6-11(17)13(15(8)19)14(16)10-5-4-9(20-2)7-12(10)18/h3-7,14H,1-2H3. The van der Waals surface area contributed by atoms with E-state index in [0.29, 0.717) is 11.3 Å². The van der Waals surface area contributed by atoms with Crippen molar-refractivity contribution in [3.05, 3.63) is 64.5 Å². The Bertz CT molecular complexity index is 643. The third-order valence-corrected chi connectivity index (χ3v) is 4.00. The van der Waals surface area contributed by atoms with Gasteiger partial charge in [-0.1, -0.05) is 28.1 Å². The molecule has 1 nitrogen and oxygen atoms in total. The Morgan fingerprint density at radius 3 is 2.35 bits per heavy atom. The lowest BCUT2D eigenvalue weighted by Crippen LogP contribution is -2.04. The summed E-state index contributed by atoms with van der Waals surface area (Å²) in [6.45, 7) is 1.53. The van der Waals surface area contributed by atoms with Crippen LogP contribution in [0.2, 0.25) is 0 Å². The molecule has 20 heavy (non-hydrogen) atoms. The molecule has 0 heterocycles. The Balaban J connectivity index is 2.52. The lowest BCUT2D eigenvalue weighted by Gasteiger charge is -2.15. The van der Waals surface area contributed by atoms with Crippen LogP contribution in [0.5, 0.6) is 5.75 Å². The minimum Gasteiger partial charge on any atom is -0.497 e. The summed E-state index contributed by atoms with van der Waals surface area (Å²) in [6, 6.07) is 6.67. The van der Waals surface area contributed by atoms with Crippen molar-refractivity contribution in [1.82, 2.24) is 0 Å². The van der Waals surface area contributed by atoms with Gasteiger partial charge in [0.2, 0.25) is 0 Å². The summed E-state index contributed by atoms with van der Waals surface area (Å²) in [6.07, 6.45) is 0. The highest BCUT2D eigenvalue weighted by atomic mass is 79.9. The number of rotatable bonds is 3. The summed E-state index contributed by atoms with van der Waals surface area (Å²) >= 11 is 3.17. The zero-order chi connectivity index (χ0) is 14.9. The van der Waals surface area contributed by atoms with Crippen LogP contribution in [0.15, 0.2) is 30.3 Å². The monoisotopic (exact) mass is 344 g/mol. The first-order chi connectivity index (χ1) is 9.45. The molecule has 2 aromatic rings. The van der Waals surface area contributed by atoms with Crippen molar-refractivity contribution < 1.29 is 17.9 Å². The maximum Gasteiger partial charge on any atom is 0.133 e. The molecule has 0 radical (unpaired) electrons. The molecule has 0 spiro atoms. The Morgan fingerprint density at radius 1 is 1.05 bits per heavy atom. The van der Waals surface area contributed by atoms with Gasteiger partial charge in [0.25, 0.3) is 0 Å². The smallest absolute Gasteiger partial charge is 0.133 e. The van der Waals surface area contributed by atoms with Crippen LogP contribution in [-0.4, -0.2) is 7.11 Å². The summed E-state index contributed by atoms with van der Waals surface area (Å²) in [5.74, 6) is -1.64. The van der Waals surface area contributed by atoms with Crippen LogP contribution in [-0.2, 0) is 0 Å². The van der Waals surface area contributed by atoms with Crippen molar-refractivity contribution in [3.8, 4) is 5.75 Å². The zero-order valence-electron chi connectivity index (χ0n) is 10.9. The van der Waals surface area contributed by atoms with Gasteiger partial charge < -0.3 is 4.74 Å². The van der Waals surface area contributed by atoms with Gasteiger partial charge in [0.15, 0.2) is 0 Å². The summed E-state index contributed by atoms with van der Waals surface area (Å²) in [5, 5.41) is 0. The fourth-order valence-corrected chi connectivity index (χ4v) is 2.70. The number of halogens is 4. The molecule has 2 aromatic carbocycles. The fourth-order valence-electron chi connectivity index (χ4n) is 1.91. The van der Waals surface area contributed by atoms with Gasteiger partial charge >= 0.3 is 0 Å². The number of ether oxygens (including phenoxy) is 1. The number of hydrogen-bond acceptors (Lipinski definition) is 1. The summed E-state index contributed by atoms with van der Waals surface area (Å²) in [5.41, 5.74) is 0.253. The zero-order valence-corrected chi connectivity index (χ0v) is 12.5. The lowest BCUT2D eigenvalue weighted by atomic mass is 10.0. The quantitative estimate of drug-likeness (QED) is 0.719. The normalized spacial score (nSPS) is 12.3. The Hall–Kier alpha value is -1.49. The largest absolute Gasteiger partial charge is 0.497 e. The van der Waals surface area contributed by atoms with Gasteiger partial charge in [0, 0.05) is 17.2 Å². The Morgan fingerprint density at radius 2 is 1.75 bits per heavy atom. The average molecular weight is 345 g/mol. The van der Waals surface area contributed by atoms with E-state index in [-0.39, 0.29) is 11.1 Å². The van der Waals surface area contributed by atoms with Gasteiger partial charge in [-0.15, -0.1) is 0 Å². The maximum atomic E-state index is 14.1. The van der Waals surface area contributed by atoms with E-state index >= 15 is 0 Å². The third-order valence-electron chi connectivity index (χ3n) is 3.05. The number of hydrogen-bond donors (Lipinski definition) is 0. The molecule has 106 valence electrons. The van der Waals surface area contributed by atoms with Crippen molar-refractivity contribution in [1.29, 1.82) is 0 Å². The van der Waals surface area contributed by atoms with Crippen LogP contribution in [0, 0.1) is 24.4 Å². The number of aryl methyl sites for hydroxylation is 1. The molecule has 5 heteroatoms. The highest BCUT2D eigenvalue weighted by molar-refractivity contribution is 9.09. The number of alkyl halides is 1. The third kappa shape index (κ3) is 2.68. The fraction of sp³-hybridized carbons (Fsp3) is 0.200. The molecule has 0 amide bonds. The molecule has 0 aliphatic heterocycles. The first kappa shape index (κ1) is 14.9. The highest BCUT2D eigenvalue weighted by Gasteiger charge is 2.23. The van der Waals surface area contributed by atoms with Crippen molar-refractivity contribution in [2.45, 2.75) is 11.8 Å². The summed E-state index contributed by atoms with van der Waals surface area (Å²) in [7, 11) is 1.42. The van der Waals surface area contributed by atoms with Crippen LogP contribution in [0.1, 0.15) is 21.5 Å². The molecule has 0 fully saturated rings. The van der Waals surface area contributed by atoms with Crippen LogP contribution < -0.4 is 4.74 Å². The van der Waals surface area contributed by atoms with E-state index in [1.54, 1.807) is 0 Å². The minimum absolute atomic E-state index is 0.147. The molecular weight excluding hydrogens is 333 g/mol. The van der Waals surface area contributed by atoms with E-state index in [2.05, 4.69) is 15.9 Å². The predicted octanol–water partition coefficient (Wildman–Crippen LogP) is 4.91. The molecule has 1 atom stereocenters. The first-order valence-corrected chi connectivity index (χ1v) is 6.79. The highest BCUT2D eigenvalue weighted by Crippen LogP contribution is 2.37. The molecule has 0 N–H and O–H groups in total. The Labute approximate surface area is 123 Å². The molecule has 1 unspecified atom stereocenters. The second-order valence-corrected chi connectivity index (χ2v) is 5.26. The first-order valence-electron chi connectivity index (χ1n) is 5.87. The summed E-state index contributed by atoms with van der Waals surface area (Å²) < 4.78 is 46.8. The van der Waals surface area contributed by atoms with E-state index in [1.807, 2.05) is 0 Å². The molecule has 0 saturated carbocycles. The molecule has 0 aliphatic carbocycles. The predicted molar refractivity (Wildman–Crippen MR) is 74.8 cm³/mol. The van der Waals surface area contributed by atoms with Crippen LogP contribution >= 0.6 is 15.9 Å². The van der Waals surface area contributed by atoms with Crippen molar-refractivity contribution in [2.75, 3.05) is 7.11 Å². The van der Waals surface area contributed by atoms with Crippen LogP contribution in [0.25, 0.3) is 0 Å². The van der Waals surface area contributed by atoms with Gasteiger partial charge in [0.1, 0.15) is 23.2 Å². The lowest BCUT2D eigenvalue weighted by molar-refractivity contribution is 0.410. The van der Waals surface area contributed by atoms with Crippen molar-refractivity contribution >= 4 is 15.9 Å². The molecule has 0 aromatic heterocycles. The van der Waals surface area contributed by atoms with Crippen molar-refractivity contribution in [2.24, 2.45) is 0 Å². The number of methoxy groups -OCH3 is 1. The van der Waals surface area contributed by atoms with Crippen molar-refractivity contribution in [3.63, 3.8) is 0 Å². The number of benzene rings is 2. The Kier molecular flexibility index (Phi) is 4.38. The van der Waals surface area contributed by atoms with Crippen LogP contribution in [0.3, 0.4) is 0 Å². The second kappa shape index (κ2) is 5.87. The van der Waals surface area contributed by atoms with Gasteiger partial charge in [-0.05, 0) is 24.6 Å². The van der Waals surface area contributed by atoms with E-state index in [4.69, 9.17) is 4.74 Å². The molecule has 0 bridgehead atoms. The molecular formula is C15H12BrF3O. The van der Waals surface area contributed by atoms with Gasteiger partial charge in [-0.2, -0.15) is 0 Å². The minimum atomic E-state index is -0.909. The summed E-state index contributed by atoms with van der Waals surface area (Å²) in [4.78, 5) is -0.909. The molecule has 2 rings (SSSR count).